The smallest absolute Gasteiger partial charge is 0.252 e. The maximum Gasteiger partial charge on any atom is 0.252 e. The monoisotopic (exact) mass is 390 g/mol. The van der Waals surface area contributed by atoms with Crippen LogP contribution >= 0.6 is 23.2 Å². The largest absolute Gasteiger partial charge is 0.352 e. The molecule has 4 nitrogen and oxygen atoms in total. The topological polar surface area (TPSA) is 49.4 Å². The van der Waals surface area contributed by atoms with Crippen LogP contribution in [-0.2, 0) is 11.2 Å². The van der Waals surface area contributed by atoms with Crippen LogP contribution in [0.5, 0.6) is 0 Å². The molecule has 0 aromatic heterocycles. The molecule has 0 unspecified atom stereocenters. The fourth-order valence-corrected chi connectivity index (χ4v) is 3.47. The molecule has 1 aliphatic heterocycles. The Bertz CT molecular complexity index is 823. The number of halogens is 2. The van der Waals surface area contributed by atoms with E-state index >= 15 is 0 Å². The van der Waals surface area contributed by atoms with Crippen molar-refractivity contribution in [3.05, 3.63) is 63.6 Å². The minimum atomic E-state index is -0.256. The van der Waals surface area contributed by atoms with Gasteiger partial charge in [0.05, 0.1) is 10.6 Å². The third kappa shape index (κ3) is 4.37. The number of carbonyl (C=O) groups is 2. The van der Waals surface area contributed by atoms with Crippen LogP contribution in [0.4, 0.5) is 5.69 Å². The van der Waals surface area contributed by atoms with E-state index in [1.54, 1.807) is 23.1 Å². The molecule has 6 heteroatoms. The molecule has 1 fully saturated rings. The highest BCUT2D eigenvalue weighted by atomic mass is 35.5. The van der Waals surface area contributed by atoms with Gasteiger partial charge in [0.1, 0.15) is 0 Å². The van der Waals surface area contributed by atoms with Crippen molar-refractivity contribution < 1.29 is 9.59 Å². The van der Waals surface area contributed by atoms with Gasteiger partial charge in [0, 0.05) is 30.2 Å². The molecule has 3 rings (SSSR count). The summed E-state index contributed by atoms with van der Waals surface area (Å²) in [4.78, 5) is 26.3. The molecule has 1 saturated heterocycles. The molecule has 0 atom stereocenters. The van der Waals surface area contributed by atoms with Gasteiger partial charge in [-0.15, -0.1) is 0 Å². The lowest BCUT2D eigenvalue weighted by Gasteiger charge is -2.27. The SMILES string of the molecule is O=C(NCCc1ccccc1Cl)c1cc(N2CCCCC2=O)ccc1Cl. The predicted molar refractivity (Wildman–Crippen MR) is 105 cm³/mol. The maximum absolute atomic E-state index is 12.5. The Labute approximate surface area is 163 Å². The summed E-state index contributed by atoms with van der Waals surface area (Å²) in [7, 11) is 0. The predicted octanol–water partition coefficient (Wildman–Crippen LogP) is 4.48. The lowest BCUT2D eigenvalue weighted by Crippen LogP contribution is -2.35. The highest BCUT2D eigenvalue weighted by Crippen LogP contribution is 2.26. The van der Waals surface area contributed by atoms with E-state index in [9.17, 15) is 9.59 Å². The molecule has 0 aliphatic carbocycles. The first-order chi connectivity index (χ1) is 12.6. The summed E-state index contributed by atoms with van der Waals surface area (Å²) in [5.41, 5.74) is 2.07. The van der Waals surface area contributed by atoms with Crippen molar-refractivity contribution in [2.24, 2.45) is 0 Å². The van der Waals surface area contributed by atoms with Gasteiger partial charge in [-0.3, -0.25) is 9.59 Å². The number of nitrogens with one attached hydrogen (secondary N) is 1. The molecule has 2 aromatic rings. The molecule has 1 heterocycles. The number of hydrogen-bond donors (Lipinski definition) is 1. The van der Waals surface area contributed by atoms with E-state index in [1.165, 1.54) is 0 Å². The van der Waals surface area contributed by atoms with Crippen LogP contribution in [0.3, 0.4) is 0 Å². The number of anilines is 1. The van der Waals surface area contributed by atoms with E-state index in [0.29, 0.717) is 41.5 Å². The fourth-order valence-electron chi connectivity index (χ4n) is 3.04. The zero-order valence-corrected chi connectivity index (χ0v) is 15.8. The molecule has 0 bridgehead atoms. The second-order valence-electron chi connectivity index (χ2n) is 6.26. The number of nitrogens with zero attached hydrogens (tertiary/aromatic N) is 1. The minimum absolute atomic E-state index is 0.0867. The molecule has 0 saturated carbocycles. The van der Waals surface area contributed by atoms with Gasteiger partial charge in [-0.2, -0.15) is 0 Å². The maximum atomic E-state index is 12.5. The van der Waals surface area contributed by atoms with E-state index in [1.807, 2.05) is 24.3 Å². The Hall–Kier alpha value is -2.04. The Balaban J connectivity index is 1.67. The molecule has 1 aliphatic rings. The van der Waals surface area contributed by atoms with Crippen molar-refractivity contribution in [3.63, 3.8) is 0 Å². The molecule has 1 N–H and O–H groups in total. The van der Waals surface area contributed by atoms with E-state index in [4.69, 9.17) is 23.2 Å². The van der Waals surface area contributed by atoms with Gasteiger partial charge in [-0.25, -0.2) is 0 Å². The quantitative estimate of drug-likeness (QED) is 0.817. The van der Waals surface area contributed by atoms with Crippen LogP contribution in [0.1, 0.15) is 35.2 Å². The average Bonchev–Trinajstić information content (AvgIpc) is 2.64. The standard InChI is InChI=1S/C20H20Cl2N2O2/c21-17-6-2-1-5-14(17)10-11-23-20(26)16-13-15(8-9-18(16)22)24-12-4-3-7-19(24)25/h1-2,5-6,8-9,13H,3-4,7,10-12H2,(H,23,26). The minimum Gasteiger partial charge on any atom is -0.352 e. The van der Waals surface area contributed by atoms with Gasteiger partial charge < -0.3 is 10.2 Å². The molecule has 0 radical (unpaired) electrons. The van der Waals surface area contributed by atoms with Crippen LogP contribution in [-0.4, -0.2) is 24.9 Å². The Kier molecular flexibility index (Phi) is 6.17. The van der Waals surface area contributed by atoms with Crippen LogP contribution < -0.4 is 10.2 Å². The van der Waals surface area contributed by atoms with Crippen molar-refractivity contribution in [1.29, 1.82) is 0 Å². The zero-order valence-electron chi connectivity index (χ0n) is 14.3. The van der Waals surface area contributed by atoms with Crippen molar-refractivity contribution in [2.45, 2.75) is 25.7 Å². The summed E-state index contributed by atoms with van der Waals surface area (Å²) in [6.07, 6.45) is 3.06. The van der Waals surface area contributed by atoms with E-state index < -0.39 is 0 Å². The van der Waals surface area contributed by atoms with Crippen molar-refractivity contribution in [3.8, 4) is 0 Å². The lowest BCUT2D eigenvalue weighted by molar-refractivity contribution is -0.119. The summed E-state index contributed by atoms with van der Waals surface area (Å²) in [5, 5.41) is 3.93. The van der Waals surface area contributed by atoms with Gasteiger partial charge in [0.15, 0.2) is 0 Å². The lowest BCUT2D eigenvalue weighted by atomic mass is 10.1. The second-order valence-corrected chi connectivity index (χ2v) is 7.08. The molecule has 2 amide bonds. The molecular weight excluding hydrogens is 371 g/mol. The van der Waals surface area contributed by atoms with Crippen molar-refractivity contribution >= 4 is 40.7 Å². The summed E-state index contributed by atoms with van der Waals surface area (Å²) in [6.45, 7) is 1.12. The first-order valence-electron chi connectivity index (χ1n) is 8.68. The second kappa shape index (κ2) is 8.56. The van der Waals surface area contributed by atoms with Crippen molar-refractivity contribution in [1.82, 2.24) is 5.32 Å². The highest BCUT2D eigenvalue weighted by molar-refractivity contribution is 6.34. The van der Waals surface area contributed by atoms with Gasteiger partial charge in [0.2, 0.25) is 5.91 Å². The van der Waals surface area contributed by atoms with Gasteiger partial charge in [0.25, 0.3) is 5.91 Å². The van der Waals surface area contributed by atoms with Gasteiger partial charge in [-0.1, -0.05) is 41.4 Å². The van der Waals surface area contributed by atoms with E-state index in [2.05, 4.69) is 5.32 Å². The van der Waals surface area contributed by atoms with Gasteiger partial charge in [-0.05, 0) is 49.1 Å². The number of rotatable bonds is 5. The van der Waals surface area contributed by atoms with Crippen LogP contribution in [0.25, 0.3) is 0 Å². The fraction of sp³-hybridized carbons (Fsp3) is 0.300. The Morgan fingerprint density at radius 1 is 1.08 bits per heavy atom. The Morgan fingerprint density at radius 2 is 1.88 bits per heavy atom. The third-order valence-corrected chi connectivity index (χ3v) is 5.17. The van der Waals surface area contributed by atoms with E-state index in [-0.39, 0.29) is 11.8 Å². The first-order valence-corrected chi connectivity index (χ1v) is 9.43. The molecule has 136 valence electrons. The van der Waals surface area contributed by atoms with Crippen LogP contribution in [0.15, 0.2) is 42.5 Å². The van der Waals surface area contributed by atoms with E-state index in [0.717, 1.165) is 24.1 Å². The molecule has 2 aromatic carbocycles. The summed E-state index contributed by atoms with van der Waals surface area (Å²) < 4.78 is 0. The Morgan fingerprint density at radius 3 is 2.65 bits per heavy atom. The third-order valence-electron chi connectivity index (χ3n) is 4.47. The number of carbonyl (C=O) groups excluding carboxylic acids is 2. The normalized spacial score (nSPS) is 14.4. The van der Waals surface area contributed by atoms with Gasteiger partial charge >= 0.3 is 0 Å². The molecule has 0 spiro atoms. The average molecular weight is 391 g/mol. The van der Waals surface area contributed by atoms with Crippen LogP contribution in [0, 0.1) is 0 Å². The zero-order chi connectivity index (χ0) is 18.5. The van der Waals surface area contributed by atoms with Crippen LogP contribution in [0.2, 0.25) is 10.0 Å². The number of amides is 2. The molecule has 26 heavy (non-hydrogen) atoms. The first kappa shape index (κ1) is 18.7. The number of piperidine rings is 1. The highest BCUT2D eigenvalue weighted by Gasteiger charge is 2.21. The molecular formula is C20H20Cl2N2O2. The number of hydrogen-bond acceptors (Lipinski definition) is 2. The number of benzene rings is 2. The van der Waals surface area contributed by atoms with Crippen molar-refractivity contribution in [2.75, 3.05) is 18.0 Å². The summed E-state index contributed by atoms with van der Waals surface area (Å²) >= 11 is 12.3. The summed E-state index contributed by atoms with van der Waals surface area (Å²) in [6, 6.07) is 12.7. The summed E-state index contributed by atoms with van der Waals surface area (Å²) in [5.74, 6) is -0.169.